The van der Waals surface area contributed by atoms with Gasteiger partial charge in [0.15, 0.2) is 0 Å². The minimum atomic E-state index is -1.19. The maximum absolute atomic E-state index is 9.87. The first kappa shape index (κ1) is 22.8. The lowest BCUT2D eigenvalue weighted by Crippen LogP contribution is -2.33. The monoisotopic (exact) mass is 418 g/mol. The van der Waals surface area contributed by atoms with Crippen molar-refractivity contribution in [3.8, 4) is 5.75 Å². The minimum absolute atomic E-state index is 0.0351. The molecular weight excluding hydrogens is 384 g/mol. The van der Waals surface area contributed by atoms with Gasteiger partial charge in [-0.3, -0.25) is 0 Å². The quantitative estimate of drug-likeness (QED) is 0.400. The van der Waals surface area contributed by atoms with E-state index in [-0.39, 0.29) is 12.0 Å². The zero-order valence-corrected chi connectivity index (χ0v) is 18.2. The third kappa shape index (κ3) is 5.43. The summed E-state index contributed by atoms with van der Waals surface area (Å²) in [5.41, 5.74) is 5.23. The Morgan fingerprint density at radius 3 is 2.53 bits per heavy atom. The van der Waals surface area contributed by atoms with Gasteiger partial charge < -0.3 is 29.5 Å². The van der Waals surface area contributed by atoms with Crippen molar-refractivity contribution in [2.75, 3.05) is 33.5 Å². The van der Waals surface area contributed by atoms with Gasteiger partial charge in [-0.15, -0.1) is 0 Å². The van der Waals surface area contributed by atoms with E-state index in [1.54, 1.807) is 7.11 Å². The van der Waals surface area contributed by atoms with Gasteiger partial charge in [-0.05, 0) is 42.2 Å². The van der Waals surface area contributed by atoms with E-state index in [9.17, 15) is 10.2 Å². The number of allylic oxidation sites excluding steroid dienone is 3. The van der Waals surface area contributed by atoms with E-state index in [0.717, 1.165) is 30.8 Å². The summed E-state index contributed by atoms with van der Waals surface area (Å²) in [5.74, 6) is 1.71. The number of fused-ring (bicyclic) bond motifs is 1. The van der Waals surface area contributed by atoms with Gasteiger partial charge in [0, 0.05) is 32.0 Å². The van der Waals surface area contributed by atoms with Crippen LogP contribution in [0.3, 0.4) is 0 Å². The second kappa shape index (κ2) is 9.96. The Hall–Kier alpha value is -1.86. The molecular formula is C24H34O6. The lowest BCUT2D eigenvalue weighted by atomic mass is 9.69. The highest BCUT2D eigenvalue weighted by Crippen LogP contribution is 2.45. The van der Waals surface area contributed by atoms with E-state index in [1.165, 1.54) is 22.3 Å². The van der Waals surface area contributed by atoms with Gasteiger partial charge in [0.1, 0.15) is 24.6 Å². The molecule has 3 rings (SSSR count). The predicted molar refractivity (Wildman–Crippen MR) is 114 cm³/mol. The van der Waals surface area contributed by atoms with Crippen molar-refractivity contribution >= 4 is 0 Å². The van der Waals surface area contributed by atoms with Crippen molar-refractivity contribution in [2.45, 2.75) is 51.7 Å². The van der Waals surface area contributed by atoms with Crippen LogP contribution < -0.4 is 4.74 Å². The molecule has 6 nitrogen and oxygen atoms in total. The first-order chi connectivity index (χ1) is 14.3. The van der Waals surface area contributed by atoms with Crippen LogP contribution >= 0.6 is 0 Å². The summed E-state index contributed by atoms with van der Waals surface area (Å²) in [5, 5.41) is 28.4. The summed E-state index contributed by atoms with van der Waals surface area (Å²) in [6, 6.07) is 6.34. The Kier molecular flexibility index (Phi) is 7.58. The first-order valence-corrected chi connectivity index (χ1v) is 10.6. The highest BCUT2D eigenvalue weighted by molar-refractivity contribution is 5.49. The van der Waals surface area contributed by atoms with Crippen LogP contribution in [0.5, 0.6) is 5.75 Å². The number of hydrogen-bond acceptors (Lipinski definition) is 6. The Bertz CT molecular complexity index is 795. The van der Waals surface area contributed by atoms with Gasteiger partial charge in [0.25, 0.3) is 0 Å². The molecule has 166 valence electrons. The summed E-state index contributed by atoms with van der Waals surface area (Å²) in [6.07, 6.45) is 3.15. The molecule has 0 unspecified atom stereocenters. The smallest absolute Gasteiger partial charge is 0.119 e. The predicted octanol–water partition coefficient (Wildman–Crippen LogP) is 2.54. The standard InChI is InChI=1S/C24H34O6/c1-24(2)13-20(30-15-23(27)22(26)14-25)11-18-9-16-5-6-19(29-8-4-7-28-3)10-17(16)12-21(18)24/h5-6,10,13,22-23,25-27H,4,7-9,11-12,14-15H2,1-3H3/t22-,23-/m1/s1. The van der Waals surface area contributed by atoms with Gasteiger partial charge in [-0.2, -0.15) is 0 Å². The third-order valence-corrected chi connectivity index (χ3v) is 5.90. The molecule has 2 aliphatic carbocycles. The average molecular weight is 419 g/mol. The van der Waals surface area contributed by atoms with Gasteiger partial charge in [0.05, 0.1) is 19.0 Å². The largest absolute Gasteiger partial charge is 0.495 e. The fourth-order valence-corrected chi connectivity index (χ4v) is 4.20. The Balaban J connectivity index is 1.66. The van der Waals surface area contributed by atoms with Crippen LogP contribution in [0.15, 0.2) is 41.2 Å². The molecule has 6 heteroatoms. The maximum Gasteiger partial charge on any atom is 0.119 e. The molecule has 0 amide bonds. The van der Waals surface area contributed by atoms with Crippen LogP contribution in [-0.2, 0) is 22.3 Å². The molecule has 0 spiro atoms. The van der Waals surface area contributed by atoms with E-state index in [4.69, 9.17) is 19.3 Å². The van der Waals surface area contributed by atoms with Crippen molar-refractivity contribution in [2.24, 2.45) is 5.41 Å². The summed E-state index contributed by atoms with van der Waals surface area (Å²) < 4.78 is 16.7. The Labute approximate surface area is 178 Å². The highest BCUT2D eigenvalue weighted by atomic mass is 16.5. The molecule has 0 saturated heterocycles. The van der Waals surface area contributed by atoms with Crippen molar-refractivity contribution in [1.29, 1.82) is 0 Å². The number of benzene rings is 1. The van der Waals surface area contributed by atoms with Crippen molar-refractivity contribution in [3.63, 3.8) is 0 Å². The van der Waals surface area contributed by atoms with Crippen molar-refractivity contribution in [3.05, 3.63) is 52.3 Å². The van der Waals surface area contributed by atoms with Crippen LogP contribution in [-0.4, -0.2) is 61.1 Å². The Morgan fingerprint density at radius 2 is 1.80 bits per heavy atom. The SMILES string of the molecule is COCCCOc1ccc2c(c1)CC1=C(CC(OC[C@@H](O)[C@H](O)CO)=CC1(C)C)C2. The zero-order chi connectivity index (χ0) is 21.7. The van der Waals surface area contributed by atoms with Crippen molar-refractivity contribution in [1.82, 2.24) is 0 Å². The molecule has 0 bridgehead atoms. The fraction of sp³-hybridized carbons (Fsp3) is 0.583. The molecule has 3 N–H and O–H groups in total. The average Bonchev–Trinajstić information content (AvgIpc) is 2.73. The van der Waals surface area contributed by atoms with E-state index in [2.05, 4.69) is 32.1 Å². The van der Waals surface area contributed by atoms with Crippen LogP contribution in [0.1, 0.15) is 37.8 Å². The summed E-state index contributed by atoms with van der Waals surface area (Å²) in [7, 11) is 1.70. The third-order valence-electron chi connectivity index (χ3n) is 5.90. The van der Waals surface area contributed by atoms with Crippen LogP contribution in [0.4, 0.5) is 0 Å². The van der Waals surface area contributed by atoms with Crippen LogP contribution in [0, 0.1) is 5.41 Å². The molecule has 0 saturated carbocycles. The lowest BCUT2D eigenvalue weighted by Gasteiger charge is -2.37. The van der Waals surface area contributed by atoms with Gasteiger partial charge in [-0.1, -0.05) is 31.1 Å². The molecule has 2 atom stereocenters. The number of aliphatic hydroxyl groups is 3. The highest BCUT2D eigenvalue weighted by Gasteiger charge is 2.33. The van der Waals surface area contributed by atoms with Gasteiger partial charge in [0.2, 0.25) is 0 Å². The lowest BCUT2D eigenvalue weighted by molar-refractivity contribution is -0.0461. The number of rotatable bonds is 10. The fourth-order valence-electron chi connectivity index (χ4n) is 4.20. The summed E-state index contributed by atoms with van der Waals surface area (Å²) in [4.78, 5) is 0. The molecule has 30 heavy (non-hydrogen) atoms. The molecule has 0 aliphatic heterocycles. The van der Waals surface area contributed by atoms with E-state index in [0.29, 0.717) is 19.6 Å². The van der Waals surface area contributed by atoms with E-state index < -0.39 is 18.8 Å². The topological polar surface area (TPSA) is 88.4 Å². The van der Waals surface area contributed by atoms with E-state index in [1.807, 2.05) is 6.07 Å². The first-order valence-electron chi connectivity index (χ1n) is 10.6. The number of methoxy groups -OCH3 is 1. The van der Waals surface area contributed by atoms with Crippen LogP contribution in [0.25, 0.3) is 0 Å². The number of aliphatic hydroxyl groups excluding tert-OH is 3. The molecule has 0 aromatic heterocycles. The number of hydrogen-bond donors (Lipinski definition) is 3. The van der Waals surface area contributed by atoms with E-state index >= 15 is 0 Å². The zero-order valence-electron chi connectivity index (χ0n) is 18.2. The molecule has 2 aliphatic rings. The second-order valence-electron chi connectivity index (χ2n) is 8.70. The number of ether oxygens (including phenoxy) is 3. The van der Waals surface area contributed by atoms with Crippen LogP contribution in [0.2, 0.25) is 0 Å². The second-order valence-corrected chi connectivity index (χ2v) is 8.70. The van der Waals surface area contributed by atoms with Gasteiger partial charge in [-0.25, -0.2) is 0 Å². The molecule has 0 heterocycles. The summed E-state index contributed by atoms with van der Waals surface area (Å²) >= 11 is 0. The van der Waals surface area contributed by atoms with Gasteiger partial charge >= 0.3 is 0 Å². The summed E-state index contributed by atoms with van der Waals surface area (Å²) in [6.45, 7) is 5.18. The molecule has 1 aromatic carbocycles. The molecule has 0 radical (unpaired) electrons. The maximum atomic E-state index is 9.87. The van der Waals surface area contributed by atoms with Crippen molar-refractivity contribution < 1.29 is 29.5 Å². The Morgan fingerprint density at radius 1 is 1.00 bits per heavy atom. The normalized spacial score (nSPS) is 19.5. The minimum Gasteiger partial charge on any atom is -0.495 e. The molecule has 1 aromatic rings. The molecule has 0 fully saturated rings.